The number of halogens is 1. The first-order valence-corrected chi connectivity index (χ1v) is 7.85. The van der Waals surface area contributed by atoms with Gasteiger partial charge < -0.3 is 12.4 Å². The highest BCUT2D eigenvalue weighted by molar-refractivity contribution is 6.02. The molecule has 2 aromatic carbocycles. The average Bonchev–Trinajstić information content (AvgIpc) is 2.91. The summed E-state index contributed by atoms with van der Waals surface area (Å²) in [6, 6.07) is 18.6. The number of imidazole rings is 1. The highest BCUT2D eigenvalue weighted by Crippen LogP contribution is 2.32. The summed E-state index contributed by atoms with van der Waals surface area (Å²) in [5.41, 5.74) is 5.31. The molecule has 0 atom stereocenters. The smallest absolute Gasteiger partial charge is 0.232 e. The monoisotopic (exact) mass is 337 g/mol. The number of hydrogen-bond donors (Lipinski definition) is 0. The predicted molar refractivity (Wildman–Crippen MR) is 95.7 cm³/mol. The lowest BCUT2D eigenvalue weighted by Crippen LogP contribution is -3.00. The summed E-state index contributed by atoms with van der Waals surface area (Å²) in [7, 11) is 0. The Kier molecular flexibility index (Phi) is 4.40. The molecule has 1 aromatic heterocycles. The topological polar surface area (TPSA) is 33.4 Å². The second-order valence-electron chi connectivity index (χ2n) is 5.59. The van der Waals surface area contributed by atoms with Crippen molar-refractivity contribution in [1.29, 1.82) is 0 Å². The van der Waals surface area contributed by atoms with Crippen molar-refractivity contribution < 1.29 is 12.4 Å². The molecule has 0 fully saturated rings. The molecule has 0 amide bonds. The van der Waals surface area contributed by atoms with E-state index in [1.807, 2.05) is 30.1 Å². The van der Waals surface area contributed by atoms with Gasteiger partial charge in [-0.05, 0) is 37.6 Å². The van der Waals surface area contributed by atoms with Gasteiger partial charge in [-0.25, -0.2) is 9.99 Å². The van der Waals surface area contributed by atoms with Crippen molar-refractivity contribution >= 4 is 28.4 Å². The third-order valence-electron chi connectivity index (χ3n) is 4.01. The standard InChI is InChI=1S/C19H18N4.ClH/c1-3-22-19-20-16-11-7-8-12-17(16)23(19)18(13-14(2)21-22)15-9-5-4-6-10-15;/h4-13H,3H2,1-2H3;1H/p-1. The number of allylic oxidation sites excluding steroid dienone is 1. The van der Waals surface area contributed by atoms with Gasteiger partial charge in [0.15, 0.2) is 0 Å². The van der Waals surface area contributed by atoms with E-state index < -0.39 is 0 Å². The molecule has 5 heteroatoms. The average molecular weight is 338 g/mol. The third kappa shape index (κ3) is 2.59. The molecule has 3 aromatic rings. The summed E-state index contributed by atoms with van der Waals surface area (Å²) in [6.07, 6.45) is 2.13. The van der Waals surface area contributed by atoms with Crippen LogP contribution < -0.4 is 17.4 Å². The Labute approximate surface area is 147 Å². The van der Waals surface area contributed by atoms with Crippen LogP contribution in [-0.4, -0.2) is 21.8 Å². The lowest BCUT2D eigenvalue weighted by Gasteiger charge is -2.17. The van der Waals surface area contributed by atoms with Crippen LogP contribution in [-0.2, 0) is 0 Å². The van der Waals surface area contributed by atoms with Crippen molar-refractivity contribution in [2.75, 3.05) is 11.6 Å². The maximum atomic E-state index is 4.82. The van der Waals surface area contributed by atoms with Crippen LogP contribution in [0.1, 0.15) is 19.4 Å². The van der Waals surface area contributed by atoms with E-state index in [1.54, 1.807) is 0 Å². The molecule has 1 aliphatic heterocycles. The molecular formula is C19H18ClN4-. The fraction of sp³-hybridized carbons (Fsp3) is 0.158. The fourth-order valence-corrected chi connectivity index (χ4v) is 2.98. The molecule has 122 valence electrons. The summed E-state index contributed by atoms with van der Waals surface area (Å²) in [6.45, 7) is 4.89. The van der Waals surface area contributed by atoms with Gasteiger partial charge in [-0.1, -0.05) is 42.5 Å². The minimum atomic E-state index is 0. The lowest BCUT2D eigenvalue weighted by atomic mass is 10.1. The number of rotatable bonds is 2. The van der Waals surface area contributed by atoms with Crippen molar-refractivity contribution in [3.63, 3.8) is 0 Å². The van der Waals surface area contributed by atoms with Crippen LogP contribution in [0.2, 0.25) is 0 Å². The highest BCUT2D eigenvalue weighted by Gasteiger charge is 2.21. The number of anilines is 1. The van der Waals surface area contributed by atoms with E-state index >= 15 is 0 Å². The number of para-hydroxylation sites is 2. The molecule has 4 nitrogen and oxygen atoms in total. The Hall–Kier alpha value is -2.59. The van der Waals surface area contributed by atoms with Crippen LogP contribution in [0.5, 0.6) is 0 Å². The van der Waals surface area contributed by atoms with E-state index in [9.17, 15) is 0 Å². The molecule has 2 heterocycles. The molecule has 0 spiro atoms. The summed E-state index contributed by atoms with van der Waals surface area (Å²) < 4.78 is 2.20. The maximum Gasteiger partial charge on any atom is 0.232 e. The minimum absolute atomic E-state index is 0. The highest BCUT2D eigenvalue weighted by atomic mass is 35.5. The van der Waals surface area contributed by atoms with Crippen molar-refractivity contribution in [2.24, 2.45) is 5.10 Å². The molecule has 4 rings (SSSR count). The SMILES string of the molecule is CCN1N=C(C)C=C(c2ccccc2)n2c1nc1ccccc12.[Cl-]. The van der Waals surface area contributed by atoms with Crippen LogP contribution in [0.15, 0.2) is 65.8 Å². The van der Waals surface area contributed by atoms with Crippen molar-refractivity contribution in [3.05, 3.63) is 66.2 Å². The Bertz CT molecular complexity index is 925. The summed E-state index contributed by atoms with van der Waals surface area (Å²) in [4.78, 5) is 4.82. The van der Waals surface area contributed by atoms with Crippen LogP contribution in [0.3, 0.4) is 0 Å². The Balaban J connectivity index is 0.00000169. The zero-order valence-corrected chi connectivity index (χ0v) is 14.4. The van der Waals surface area contributed by atoms with Gasteiger partial charge in [0.05, 0.1) is 22.4 Å². The van der Waals surface area contributed by atoms with Crippen LogP contribution in [0.4, 0.5) is 5.95 Å². The first-order chi connectivity index (χ1) is 11.3. The molecule has 0 bridgehead atoms. The second kappa shape index (κ2) is 6.49. The number of fused-ring (bicyclic) bond motifs is 3. The molecular weight excluding hydrogens is 320 g/mol. The number of hydrazone groups is 1. The van der Waals surface area contributed by atoms with Crippen LogP contribution in [0.25, 0.3) is 16.7 Å². The van der Waals surface area contributed by atoms with Gasteiger partial charge in [0, 0.05) is 6.54 Å². The Morgan fingerprint density at radius 3 is 2.42 bits per heavy atom. The predicted octanol–water partition coefficient (Wildman–Crippen LogP) is 1.15. The van der Waals surface area contributed by atoms with E-state index in [0.29, 0.717) is 0 Å². The van der Waals surface area contributed by atoms with Gasteiger partial charge in [0.2, 0.25) is 5.95 Å². The fourth-order valence-electron chi connectivity index (χ4n) is 2.98. The van der Waals surface area contributed by atoms with Gasteiger partial charge in [-0.15, -0.1) is 0 Å². The van der Waals surface area contributed by atoms with Crippen molar-refractivity contribution in [1.82, 2.24) is 9.55 Å². The maximum absolute atomic E-state index is 4.82. The van der Waals surface area contributed by atoms with E-state index in [0.717, 1.165) is 40.5 Å². The molecule has 0 N–H and O–H groups in total. The Morgan fingerprint density at radius 1 is 0.958 bits per heavy atom. The van der Waals surface area contributed by atoms with E-state index in [-0.39, 0.29) is 12.4 Å². The van der Waals surface area contributed by atoms with Crippen molar-refractivity contribution in [3.8, 4) is 0 Å². The third-order valence-corrected chi connectivity index (χ3v) is 4.01. The molecule has 0 saturated heterocycles. The second-order valence-corrected chi connectivity index (χ2v) is 5.59. The van der Waals surface area contributed by atoms with Crippen LogP contribution >= 0.6 is 0 Å². The van der Waals surface area contributed by atoms with Gasteiger partial charge in [0.25, 0.3) is 0 Å². The number of aromatic nitrogens is 2. The quantitative estimate of drug-likeness (QED) is 0.703. The summed E-state index contributed by atoms with van der Waals surface area (Å²) in [5.74, 6) is 0.862. The largest absolute Gasteiger partial charge is 1.00 e. The molecule has 24 heavy (non-hydrogen) atoms. The first-order valence-electron chi connectivity index (χ1n) is 7.85. The van der Waals surface area contributed by atoms with Gasteiger partial charge in [-0.2, -0.15) is 5.10 Å². The first kappa shape index (κ1) is 16.3. The van der Waals surface area contributed by atoms with Crippen LogP contribution in [0, 0.1) is 0 Å². The molecule has 0 radical (unpaired) electrons. The number of benzene rings is 2. The van der Waals surface area contributed by atoms with Crippen molar-refractivity contribution in [2.45, 2.75) is 13.8 Å². The Morgan fingerprint density at radius 2 is 1.67 bits per heavy atom. The zero-order chi connectivity index (χ0) is 15.8. The zero-order valence-electron chi connectivity index (χ0n) is 13.6. The molecule has 0 aliphatic carbocycles. The summed E-state index contributed by atoms with van der Waals surface area (Å²) in [5, 5.41) is 6.66. The van der Waals surface area contributed by atoms with E-state index in [2.05, 4.69) is 54.0 Å². The molecule has 0 saturated carbocycles. The van der Waals surface area contributed by atoms with E-state index in [4.69, 9.17) is 10.1 Å². The van der Waals surface area contributed by atoms with Gasteiger partial charge in [-0.3, -0.25) is 4.57 Å². The molecule has 0 unspecified atom stereocenters. The summed E-state index contributed by atoms with van der Waals surface area (Å²) >= 11 is 0. The number of hydrogen-bond acceptors (Lipinski definition) is 3. The van der Waals surface area contributed by atoms with Gasteiger partial charge >= 0.3 is 0 Å². The number of nitrogens with zero attached hydrogens (tertiary/aromatic N) is 4. The van der Waals surface area contributed by atoms with E-state index in [1.165, 1.54) is 0 Å². The normalized spacial score (nSPS) is 13.7. The minimum Gasteiger partial charge on any atom is -1.00 e. The van der Waals surface area contributed by atoms with Gasteiger partial charge in [0.1, 0.15) is 0 Å². The molecule has 1 aliphatic rings. The lowest BCUT2D eigenvalue weighted by molar-refractivity contribution is -0.00000478.